The van der Waals surface area contributed by atoms with E-state index in [0.717, 1.165) is 32.8 Å². The first-order chi connectivity index (χ1) is 9.69. The monoisotopic (exact) mass is 279 g/mol. The lowest BCUT2D eigenvalue weighted by molar-refractivity contribution is 0.0342. The van der Waals surface area contributed by atoms with E-state index in [4.69, 9.17) is 4.74 Å². The fourth-order valence-corrected chi connectivity index (χ4v) is 2.11. The molecule has 7 heteroatoms. The van der Waals surface area contributed by atoms with Crippen molar-refractivity contribution in [1.82, 2.24) is 20.2 Å². The largest absolute Gasteiger partial charge is 0.379 e. The summed E-state index contributed by atoms with van der Waals surface area (Å²) in [5.41, 5.74) is 0.325. The van der Waals surface area contributed by atoms with E-state index in [1.165, 1.54) is 6.20 Å². The molecule has 0 saturated carbocycles. The Kier molecular flexibility index (Phi) is 5.25. The molecule has 2 rings (SSSR count). The second kappa shape index (κ2) is 7.16. The Morgan fingerprint density at radius 1 is 1.45 bits per heavy atom. The molecule has 7 nitrogen and oxygen atoms in total. The fourth-order valence-electron chi connectivity index (χ4n) is 2.11. The number of morpholine rings is 1. The van der Waals surface area contributed by atoms with Gasteiger partial charge >= 0.3 is 0 Å². The maximum atomic E-state index is 12.1. The van der Waals surface area contributed by atoms with Gasteiger partial charge in [0.05, 0.1) is 25.6 Å². The summed E-state index contributed by atoms with van der Waals surface area (Å²) in [6.45, 7) is 6.15. The third kappa shape index (κ3) is 4.14. The van der Waals surface area contributed by atoms with Crippen LogP contribution in [0, 0.1) is 0 Å². The van der Waals surface area contributed by atoms with Gasteiger partial charge < -0.3 is 15.4 Å². The molecule has 1 fully saturated rings. The lowest BCUT2D eigenvalue weighted by atomic mass is 10.2. The molecule has 1 saturated heterocycles. The maximum Gasteiger partial charge on any atom is 0.271 e. The van der Waals surface area contributed by atoms with E-state index < -0.39 is 0 Å². The van der Waals surface area contributed by atoms with Crippen LogP contribution in [0.1, 0.15) is 17.4 Å². The number of amides is 1. The number of carbonyl (C=O) groups excluding carboxylic acids is 1. The summed E-state index contributed by atoms with van der Waals surface area (Å²) in [7, 11) is 1.74. The van der Waals surface area contributed by atoms with Gasteiger partial charge in [-0.3, -0.25) is 14.7 Å². The Hall–Kier alpha value is -1.73. The van der Waals surface area contributed by atoms with Crippen LogP contribution < -0.4 is 10.6 Å². The zero-order chi connectivity index (χ0) is 14.4. The summed E-state index contributed by atoms with van der Waals surface area (Å²) in [4.78, 5) is 22.5. The van der Waals surface area contributed by atoms with Crippen LogP contribution in [0.3, 0.4) is 0 Å². The van der Waals surface area contributed by atoms with Crippen molar-refractivity contribution in [2.75, 3.05) is 45.2 Å². The molecule has 0 radical (unpaired) electrons. The molecule has 0 aromatic carbocycles. The molecule has 1 unspecified atom stereocenters. The van der Waals surface area contributed by atoms with Gasteiger partial charge in [0, 0.05) is 32.7 Å². The third-order valence-corrected chi connectivity index (χ3v) is 3.14. The highest BCUT2D eigenvalue weighted by Crippen LogP contribution is 2.02. The summed E-state index contributed by atoms with van der Waals surface area (Å²) in [6.07, 6.45) is 3.05. The highest BCUT2D eigenvalue weighted by molar-refractivity contribution is 5.92. The molecule has 1 aromatic heterocycles. The maximum absolute atomic E-state index is 12.1. The van der Waals surface area contributed by atoms with Crippen molar-refractivity contribution in [3.63, 3.8) is 0 Å². The molecule has 0 bridgehead atoms. The molecule has 1 aliphatic heterocycles. The number of carbonyl (C=O) groups is 1. The molecule has 1 atom stereocenters. The van der Waals surface area contributed by atoms with Gasteiger partial charge in [0.1, 0.15) is 11.5 Å². The van der Waals surface area contributed by atoms with Crippen LogP contribution in [-0.2, 0) is 4.74 Å². The van der Waals surface area contributed by atoms with E-state index in [9.17, 15) is 4.79 Å². The number of ether oxygens (including phenoxy) is 1. The molecule has 2 N–H and O–H groups in total. The van der Waals surface area contributed by atoms with Crippen molar-refractivity contribution in [3.8, 4) is 0 Å². The highest BCUT2D eigenvalue weighted by atomic mass is 16.5. The van der Waals surface area contributed by atoms with Gasteiger partial charge in [-0.15, -0.1) is 0 Å². The minimum atomic E-state index is -0.199. The Bertz CT molecular complexity index is 448. The summed E-state index contributed by atoms with van der Waals surface area (Å²) in [6, 6.07) is 0.0561. The van der Waals surface area contributed by atoms with Crippen molar-refractivity contribution in [3.05, 3.63) is 18.1 Å². The van der Waals surface area contributed by atoms with Crippen molar-refractivity contribution < 1.29 is 9.53 Å². The number of anilines is 1. The number of hydrogen-bond donors (Lipinski definition) is 2. The Morgan fingerprint density at radius 3 is 2.90 bits per heavy atom. The topological polar surface area (TPSA) is 79.4 Å². The summed E-state index contributed by atoms with van der Waals surface area (Å²) in [5.74, 6) is 0.383. The van der Waals surface area contributed by atoms with Crippen LogP contribution in [0.2, 0.25) is 0 Å². The zero-order valence-electron chi connectivity index (χ0n) is 11.9. The van der Waals surface area contributed by atoms with Gasteiger partial charge in [-0.25, -0.2) is 4.98 Å². The van der Waals surface area contributed by atoms with Crippen LogP contribution >= 0.6 is 0 Å². The Labute approximate surface area is 118 Å². The van der Waals surface area contributed by atoms with E-state index in [0.29, 0.717) is 11.5 Å². The molecule has 110 valence electrons. The second-order valence-corrected chi connectivity index (χ2v) is 4.83. The van der Waals surface area contributed by atoms with Crippen LogP contribution in [0.4, 0.5) is 5.82 Å². The summed E-state index contributed by atoms with van der Waals surface area (Å²) >= 11 is 0. The van der Waals surface area contributed by atoms with Crippen molar-refractivity contribution in [2.45, 2.75) is 13.0 Å². The molecule has 0 aliphatic carbocycles. The van der Waals surface area contributed by atoms with Gasteiger partial charge in [0.25, 0.3) is 5.91 Å². The van der Waals surface area contributed by atoms with Gasteiger partial charge in [-0.1, -0.05) is 0 Å². The molecule has 0 spiro atoms. The molecular formula is C13H21N5O2. The van der Waals surface area contributed by atoms with Crippen molar-refractivity contribution >= 4 is 11.7 Å². The minimum absolute atomic E-state index is 0.0561. The number of aromatic nitrogens is 2. The zero-order valence-corrected chi connectivity index (χ0v) is 11.9. The Balaban J connectivity index is 1.86. The fraction of sp³-hybridized carbons (Fsp3) is 0.615. The van der Waals surface area contributed by atoms with Crippen LogP contribution in [0.5, 0.6) is 0 Å². The highest BCUT2D eigenvalue weighted by Gasteiger charge is 2.16. The van der Waals surface area contributed by atoms with Crippen molar-refractivity contribution in [2.24, 2.45) is 0 Å². The van der Waals surface area contributed by atoms with Crippen LogP contribution in [0.25, 0.3) is 0 Å². The van der Waals surface area contributed by atoms with Crippen LogP contribution in [0.15, 0.2) is 12.4 Å². The van der Waals surface area contributed by atoms with Crippen molar-refractivity contribution in [1.29, 1.82) is 0 Å². The smallest absolute Gasteiger partial charge is 0.271 e. The molecule has 2 heterocycles. The average Bonchev–Trinajstić information content (AvgIpc) is 2.48. The minimum Gasteiger partial charge on any atom is -0.379 e. The predicted molar refractivity (Wildman–Crippen MR) is 75.8 cm³/mol. The molecule has 1 aromatic rings. The summed E-state index contributed by atoms with van der Waals surface area (Å²) < 4.78 is 5.30. The van der Waals surface area contributed by atoms with Gasteiger partial charge in [-0.05, 0) is 6.92 Å². The molecular weight excluding hydrogens is 258 g/mol. The molecule has 1 aliphatic rings. The van der Waals surface area contributed by atoms with E-state index in [1.54, 1.807) is 13.2 Å². The quantitative estimate of drug-likeness (QED) is 0.788. The first-order valence-electron chi connectivity index (χ1n) is 6.80. The Morgan fingerprint density at radius 2 is 2.20 bits per heavy atom. The van der Waals surface area contributed by atoms with Crippen LogP contribution in [-0.4, -0.2) is 66.7 Å². The standard InChI is InChI=1S/C13H21N5O2/c1-10(9-18-3-5-20-6-4-18)16-13(19)11-7-15-8-12(14-2)17-11/h7-8,10H,3-6,9H2,1-2H3,(H,14,17)(H,16,19). The van der Waals surface area contributed by atoms with E-state index in [2.05, 4.69) is 25.5 Å². The lowest BCUT2D eigenvalue weighted by Gasteiger charge is -2.29. The predicted octanol–water partition coefficient (Wildman–Crippen LogP) is -0.0312. The molecule has 1 amide bonds. The molecule has 20 heavy (non-hydrogen) atoms. The van der Waals surface area contributed by atoms with E-state index in [1.807, 2.05) is 6.92 Å². The van der Waals surface area contributed by atoms with E-state index in [-0.39, 0.29) is 11.9 Å². The van der Waals surface area contributed by atoms with E-state index >= 15 is 0 Å². The average molecular weight is 279 g/mol. The number of hydrogen-bond acceptors (Lipinski definition) is 6. The summed E-state index contributed by atoms with van der Waals surface area (Å²) in [5, 5.41) is 5.81. The first kappa shape index (κ1) is 14.7. The number of rotatable bonds is 5. The lowest BCUT2D eigenvalue weighted by Crippen LogP contribution is -2.46. The number of nitrogens with one attached hydrogen (secondary N) is 2. The SMILES string of the molecule is CNc1cncc(C(=O)NC(C)CN2CCOCC2)n1. The second-order valence-electron chi connectivity index (χ2n) is 4.83. The van der Waals surface area contributed by atoms with Gasteiger partial charge in [0.2, 0.25) is 0 Å². The third-order valence-electron chi connectivity index (χ3n) is 3.14. The first-order valence-corrected chi connectivity index (χ1v) is 6.80. The number of nitrogens with zero attached hydrogens (tertiary/aromatic N) is 3. The van der Waals surface area contributed by atoms with Gasteiger partial charge in [0.15, 0.2) is 0 Å². The van der Waals surface area contributed by atoms with Gasteiger partial charge in [-0.2, -0.15) is 0 Å². The normalized spacial score (nSPS) is 17.5.